The Balaban J connectivity index is 1.68. The second-order valence-corrected chi connectivity index (χ2v) is 7.96. The van der Waals surface area contributed by atoms with Gasteiger partial charge in [0.05, 0.1) is 30.4 Å². The number of methoxy groups -OCH3 is 1. The first kappa shape index (κ1) is 19.7. The van der Waals surface area contributed by atoms with Gasteiger partial charge in [0.15, 0.2) is 5.75 Å². The van der Waals surface area contributed by atoms with Gasteiger partial charge in [-0.2, -0.15) is 5.10 Å². The number of aromatic nitrogens is 2. The van der Waals surface area contributed by atoms with Gasteiger partial charge in [-0.3, -0.25) is 14.8 Å². The lowest BCUT2D eigenvalue weighted by molar-refractivity contribution is -0.385. The summed E-state index contributed by atoms with van der Waals surface area (Å²) in [4.78, 5) is 15.8. The molecule has 2 saturated heterocycles. The summed E-state index contributed by atoms with van der Waals surface area (Å²) in [5, 5.41) is 15.8. The molecular formula is C20H27N5O4. The molecule has 0 unspecified atom stereocenters. The smallest absolute Gasteiger partial charge is 0.311 e. The summed E-state index contributed by atoms with van der Waals surface area (Å²) in [5.41, 5.74) is 2.44. The maximum absolute atomic E-state index is 11.6. The fourth-order valence-corrected chi connectivity index (χ4v) is 4.41. The van der Waals surface area contributed by atoms with E-state index in [1.807, 2.05) is 13.2 Å². The van der Waals surface area contributed by atoms with E-state index >= 15 is 0 Å². The molecule has 1 aromatic carbocycles. The number of nitro groups is 1. The maximum Gasteiger partial charge on any atom is 0.311 e. The summed E-state index contributed by atoms with van der Waals surface area (Å²) in [6.45, 7) is 4.32. The third kappa shape index (κ3) is 3.79. The van der Waals surface area contributed by atoms with E-state index in [-0.39, 0.29) is 17.0 Å². The molecule has 29 heavy (non-hydrogen) atoms. The second-order valence-electron chi connectivity index (χ2n) is 7.96. The van der Waals surface area contributed by atoms with Crippen LogP contribution in [0, 0.1) is 10.1 Å². The van der Waals surface area contributed by atoms with Gasteiger partial charge < -0.3 is 19.3 Å². The van der Waals surface area contributed by atoms with Crippen molar-refractivity contribution in [2.24, 2.45) is 7.05 Å². The van der Waals surface area contributed by atoms with Gasteiger partial charge >= 0.3 is 5.69 Å². The molecule has 0 saturated carbocycles. The molecular weight excluding hydrogens is 374 g/mol. The van der Waals surface area contributed by atoms with Crippen LogP contribution in [0.3, 0.4) is 0 Å². The van der Waals surface area contributed by atoms with E-state index < -0.39 is 4.92 Å². The van der Waals surface area contributed by atoms with Crippen molar-refractivity contribution in [3.63, 3.8) is 0 Å². The molecule has 0 atom stereocenters. The molecule has 0 radical (unpaired) electrons. The molecule has 2 aliphatic rings. The Morgan fingerprint density at radius 2 is 2.00 bits per heavy atom. The second kappa shape index (κ2) is 7.64. The molecule has 1 aromatic heterocycles. The summed E-state index contributed by atoms with van der Waals surface area (Å²) in [7, 11) is 5.44. The van der Waals surface area contributed by atoms with E-state index in [4.69, 9.17) is 9.47 Å². The molecule has 9 nitrogen and oxygen atoms in total. The number of nitrogens with zero attached hydrogens (tertiary/aromatic N) is 5. The molecule has 2 fully saturated rings. The minimum atomic E-state index is -0.403. The van der Waals surface area contributed by atoms with Crippen LogP contribution in [0.4, 0.5) is 11.4 Å². The number of hydrogen-bond donors (Lipinski definition) is 0. The highest BCUT2D eigenvalue weighted by Gasteiger charge is 2.39. The lowest BCUT2D eigenvalue weighted by Gasteiger charge is -2.47. The van der Waals surface area contributed by atoms with Crippen LogP contribution in [-0.2, 0) is 11.8 Å². The SMILES string of the molecule is COc1cc(N2CCC3(CC2)CN(C)CCO3)c(-c2cnn(C)c2)cc1[N+](=O)[O-]. The number of piperidine rings is 1. The molecule has 0 amide bonds. The summed E-state index contributed by atoms with van der Waals surface area (Å²) in [6, 6.07) is 3.38. The Morgan fingerprint density at radius 3 is 2.59 bits per heavy atom. The lowest BCUT2D eigenvalue weighted by atomic mass is 9.88. The molecule has 9 heteroatoms. The van der Waals surface area contributed by atoms with Gasteiger partial charge in [-0.05, 0) is 19.9 Å². The monoisotopic (exact) mass is 401 g/mol. The zero-order chi connectivity index (χ0) is 20.6. The van der Waals surface area contributed by atoms with Crippen LogP contribution >= 0.6 is 0 Å². The van der Waals surface area contributed by atoms with Gasteiger partial charge in [0.25, 0.3) is 0 Å². The van der Waals surface area contributed by atoms with Crippen LogP contribution < -0.4 is 9.64 Å². The molecule has 1 spiro atoms. The number of nitro benzene ring substituents is 1. The molecule has 0 bridgehead atoms. The van der Waals surface area contributed by atoms with Crippen LogP contribution in [0.2, 0.25) is 0 Å². The number of anilines is 1. The predicted molar refractivity (Wildman–Crippen MR) is 109 cm³/mol. The fourth-order valence-electron chi connectivity index (χ4n) is 4.41. The summed E-state index contributed by atoms with van der Waals surface area (Å²) in [5.74, 6) is 0.270. The van der Waals surface area contributed by atoms with E-state index in [1.165, 1.54) is 7.11 Å². The Bertz CT molecular complexity index is 904. The first-order valence-corrected chi connectivity index (χ1v) is 9.84. The van der Waals surface area contributed by atoms with E-state index in [0.29, 0.717) is 0 Å². The van der Waals surface area contributed by atoms with Crippen LogP contribution in [0.1, 0.15) is 12.8 Å². The third-order valence-corrected chi connectivity index (χ3v) is 5.96. The van der Waals surface area contributed by atoms with Gasteiger partial charge in [0.1, 0.15) is 0 Å². The highest BCUT2D eigenvalue weighted by Crippen LogP contribution is 2.42. The number of aryl methyl sites for hydroxylation is 1. The molecule has 0 N–H and O–H groups in total. The van der Waals surface area contributed by atoms with E-state index in [1.54, 1.807) is 23.0 Å². The Labute approximate surface area is 169 Å². The Kier molecular flexibility index (Phi) is 5.18. The molecule has 2 aromatic rings. The zero-order valence-corrected chi connectivity index (χ0v) is 17.1. The molecule has 156 valence electrons. The van der Waals surface area contributed by atoms with Crippen LogP contribution in [0.15, 0.2) is 24.5 Å². The number of benzene rings is 1. The first-order valence-electron chi connectivity index (χ1n) is 9.84. The Hall–Kier alpha value is -2.65. The highest BCUT2D eigenvalue weighted by atomic mass is 16.6. The normalized spacial score (nSPS) is 19.5. The van der Waals surface area contributed by atoms with Gasteiger partial charge in [-0.15, -0.1) is 0 Å². The van der Waals surface area contributed by atoms with Gasteiger partial charge in [-0.1, -0.05) is 0 Å². The van der Waals surface area contributed by atoms with Crippen molar-refractivity contribution in [1.29, 1.82) is 0 Å². The van der Waals surface area contributed by atoms with E-state index in [9.17, 15) is 10.1 Å². The van der Waals surface area contributed by atoms with Crippen LogP contribution in [0.5, 0.6) is 5.75 Å². The largest absolute Gasteiger partial charge is 0.490 e. The van der Waals surface area contributed by atoms with E-state index in [0.717, 1.165) is 62.4 Å². The Morgan fingerprint density at radius 1 is 1.24 bits per heavy atom. The number of ether oxygens (including phenoxy) is 2. The maximum atomic E-state index is 11.6. The van der Waals surface area contributed by atoms with Crippen LogP contribution in [0.25, 0.3) is 11.1 Å². The molecule has 4 rings (SSSR count). The van der Waals surface area contributed by atoms with Crippen LogP contribution in [-0.4, -0.2) is 72.1 Å². The summed E-state index contributed by atoms with van der Waals surface area (Å²) < 4.78 is 13.2. The van der Waals surface area contributed by atoms with Gasteiger partial charge in [0, 0.05) is 68.4 Å². The third-order valence-electron chi connectivity index (χ3n) is 5.96. The minimum Gasteiger partial charge on any atom is -0.490 e. The van der Waals surface area contributed by atoms with Gasteiger partial charge in [0.2, 0.25) is 0 Å². The molecule has 2 aliphatic heterocycles. The predicted octanol–water partition coefficient (Wildman–Crippen LogP) is 2.30. The van der Waals surface area contributed by atoms with Crippen molar-refractivity contribution < 1.29 is 14.4 Å². The topological polar surface area (TPSA) is 85.9 Å². The lowest BCUT2D eigenvalue weighted by Crippen LogP contribution is -2.56. The van der Waals surface area contributed by atoms with Crippen molar-refractivity contribution in [3.05, 3.63) is 34.6 Å². The van der Waals surface area contributed by atoms with Crippen molar-refractivity contribution in [2.75, 3.05) is 51.8 Å². The minimum absolute atomic E-state index is 0.0409. The average molecular weight is 401 g/mol. The highest BCUT2D eigenvalue weighted by molar-refractivity contribution is 5.82. The number of likely N-dealkylation sites (N-methyl/N-ethyl adjacent to an activating group) is 1. The van der Waals surface area contributed by atoms with Crippen molar-refractivity contribution in [3.8, 4) is 16.9 Å². The standard InChI is InChI=1S/C20H27N5O4/c1-22-8-9-29-20(14-22)4-6-24(7-5-20)17-11-19(28-3)18(25(26)27)10-16(17)15-12-21-23(2)13-15/h10-13H,4-9,14H2,1-3H3. The number of morpholine rings is 1. The van der Waals surface area contributed by atoms with Crippen molar-refractivity contribution >= 4 is 11.4 Å². The zero-order valence-electron chi connectivity index (χ0n) is 17.1. The summed E-state index contributed by atoms with van der Waals surface area (Å²) in [6.07, 6.45) is 5.45. The van der Waals surface area contributed by atoms with Gasteiger partial charge in [-0.25, -0.2) is 0 Å². The quantitative estimate of drug-likeness (QED) is 0.574. The average Bonchev–Trinajstić information content (AvgIpc) is 3.13. The molecule has 3 heterocycles. The molecule has 0 aliphatic carbocycles. The first-order chi connectivity index (χ1) is 13.9. The number of rotatable bonds is 4. The summed E-state index contributed by atoms with van der Waals surface area (Å²) >= 11 is 0. The van der Waals surface area contributed by atoms with Crippen molar-refractivity contribution in [1.82, 2.24) is 14.7 Å². The van der Waals surface area contributed by atoms with Crippen molar-refractivity contribution in [2.45, 2.75) is 18.4 Å². The van der Waals surface area contributed by atoms with E-state index in [2.05, 4.69) is 21.9 Å². The fraction of sp³-hybridized carbons (Fsp3) is 0.550. The number of hydrogen-bond acceptors (Lipinski definition) is 7.